The standard InChI is InChI=1S/C16H16N2O4S/c1-3-21-10-5-6-11(14(7-10)22-4-2)13-9-23-16-17-12(15(19)20)8-18(13)16/h5-9H,3-4H2,1-2H3,(H,19,20). The molecular formula is C16H16N2O4S. The van der Waals surface area contributed by atoms with Crippen LogP contribution in [0.5, 0.6) is 11.5 Å². The maximum absolute atomic E-state index is 11.1. The Hall–Kier alpha value is -2.54. The van der Waals surface area contributed by atoms with Gasteiger partial charge in [0.15, 0.2) is 10.7 Å². The average molecular weight is 332 g/mol. The first-order valence-electron chi connectivity index (χ1n) is 7.24. The van der Waals surface area contributed by atoms with Crippen LogP contribution in [-0.2, 0) is 0 Å². The molecule has 0 radical (unpaired) electrons. The Balaban J connectivity index is 2.11. The molecule has 6 nitrogen and oxygen atoms in total. The van der Waals surface area contributed by atoms with Crippen LogP contribution in [-0.4, -0.2) is 33.7 Å². The first-order valence-corrected chi connectivity index (χ1v) is 8.12. The second-order valence-corrected chi connectivity index (χ2v) is 5.57. The molecule has 0 saturated carbocycles. The number of aromatic nitrogens is 2. The molecule has 0 bridgehead atoms. The van der Waals surface area contributed by atoms with E-state index in [9.17, 15) is 4.79 Å². The number of hydrogen-bond donors (Lipinski definition) is 1. The molecule has 23 heavy (non-hydrogen) atoms. The summed E-state index contributed by atoms with van der Waals surface area (Å²) in [7, 11) is 0. The molecule has 0 amide bonds. The fourth-order valence-electron chi connectivity index (χ4n) is 2.33. The van der Waals surface area contributed by atoms with Crippen molar-refractivity contribution in [2.24, 2.45) is 0 Å². The highest BCUT2D eigenvalue weighted by molar-refractivity contribution is 7.15. The van der Waals surface area contributed by atoms with Gasteiger partial charge in [-0.3, -0.25) is 4.40 Å². The van der Waals surface area contributed by atoms with E-state index in [4.69, 9.17) is 14.6 Å². The third-order valence-electron chi connectivity index (χ3n) is 3.27. The summed E-state index contributed by atoms with van der Waals surface area (Å²) in [6, 6.07) is 5.64. The van der Waals surface area contributed by atoms with Crippen molar-refractivity contribution < 1.29 is 19.4 Å². The Morgan fingerprint density at radius 2 is 2.09 bits per heavy atom. The second kappa shape index (κ2) is 6.29. The Kier molecular flexibility index (Phi) is 4.20. The second-order valence-electron chi connectivity index (χ2n) is 4.73. The molecule has 2 heterocycles. The van der Waals surface area contributed by atoms with Crippen molar-refractivity contribution in [3.05, 3.63) is 35.5 Å². The van der Waals surface area contributed by atoms with E-state index in [0.717, 1.165) is 17.0 Å². The van der Waals surface area contributed by atoms with Gasteiger partial charge < -0.3 is 14.6 Å². The zero-order chi connectivity index (χ0) is 16.4. The van der Waals surface area contributed by atoms with E-state index >= 15 is 0 Å². The lowest BCUT2D eigenvalue weighted by molar-refractivity contribution is 0.0691. The van der Waals surface area contributed by atoms with Gasteiger partial charge in [0.25, 0.3) is 0 Å². The van der Waals surface area contributed by atoms with E-state index in [1.54, 1.807) is 4.40 Å². The Bertz CT molecular complexity index is 853. The summed E-state index contributed by atoms with van der Waals surface area (Å²) in [5, 5.41) is 11.0. The van der Waals surface area contributed by atoms with E-state index in [0.29, 0.717) is 23.9 Å². The highest BCUT2D eigenvalue weighted by Gasteiger charge is 2.16. The number of carboxylic acids is 1. The van der Waals surface area contributed by atoms with Gasteiger partial charge in [-0.15, -0.1) is 11.3 Å². The zero-order valence-corrected chi connectivity index (χ0v) is 13.6. The molecule has 0 fully saturated rings. The number of nitrogens with zero attached hydrogens (tertiary/aromatic N) is 2. The van der Waals surface area contributed by atoms with Crippen molar-refractivity contribution in [2.45, 2.75) is 13.8 Å². The predicted molar refractivity (Wildman–Crippen MR) is 87.8 cm³/mol. The Morgan fingerprint density at radius 1 is 1.30 bits per heavy atom. The number of thiazole rings is 1. The topological polar surface area (TPSA) is 73.1 Å². The van der Waals surface area contributed by atoms with Gasteiger partial charge in [-0.25, -0.2) is 9.78 Å². The predicted octanol–water partition coefficient (Wildman–Crippen LogP) is 3.56. The SMILES string of the molecule is CCOc1ccc(-c2csc3nc(C(=O)O)cn23)c(OCC)c1. The van der Waals surface area contributed by atoms with Gasteiger partial charge in [-0.2, -0.15) is 0 Å². The quantitative estimate of drug-likeness (QED) is 0.747. The number of rotatable bonds is 6. The van der Waals surface area contributed by atoms with Crippen LogP contribution < -0.4 is 9.47 Å². The molecule has 0 atom stereocenters. The van der Waals surface area contributed by atoms with Crippen LogP contribution in [0.4, 0.5) is 0 Å². The van der Waals surface area contributed by atoms with Gasteiger partial charge >= 0.3 is 5.97 Å². The third-order valence-corrected chi connectivity index (χ3v) is 4.11. The Morgan fingerprint density at radius 3 is 2.78 bits per heavy atom. The van der Waals surface area contributed by atoms with Crippen LogP contribution in [0.2, 0.25) is 0 Å². The van der Waals surface area contributed by atoms with Crippen LogP contribution >= 0.6 is 11.3 Å². The van der Waals surface area contributed by atoms with Crippen LogP contribution in [0.3, 0.4) is 0 Å². The lowest BCUT2D eigenvalue weighted by Gasteiger charge is -2.12. The summed E-state index contributed by atoms with van der Waals surface area (Å²) >= 11 is 1.39. The summed E-state index contributed by atoms with van der Waals surface area (Å²) in [4.78, 5) is 15.8. The number of benzene rings is 1. The average Bonchev–Trinajstić information content (AvgIpc) is 3.09. The van der Waals surface area contributed by atoms with Gasteiger partial charge in [0.1, 0.15) is 11.5 Å². The summed E-state index contributed by atoms with van der Waals surface area (Å²) in [5.74, 6) is 0.398. The first kappa shape index (κ1) is 15.4. The number of carboxylic acid groups (broad SMARTS) is 1. The number of fused-ring (bicyclic) bond motifs is 1. The first-order chi connectivity index (χ1) is 11.1. The maximum atomic E-state index is 11.1. The number of carbonyl (C=O) groups is 1. The fraction of sp³-hybridized carbons (Fsp3) is 0.250. The van der Waals surface area contributed by atoms with Gasteiger partial charge in [-0.1, -0.05) is 0 Å². The number of aromatic carboxylic acids is 1. The third kappa shape index (κ3) is 2.87. The molecule has 0 aliphatic rings. The number of imidazole rings is 1. The van der Waals surface area contributed by atoms with Gasteiger partial charge in [0.05, 0.1) is 18.9 Å². The zero-order valence-electron chi connectivity index (χ0n) is 12.8. The van der Waals surface area contributed by atoms with Crippen LogP contribution in [0.1, 0.15) is 24.3 Å². The summed E-state index contributed by atoms with van der Waals surface area (Å²) in [6.07, 6.45) is 1.52. The molecule has 120 valence electrons. The molecule has 1 N–H and O–H groups in total. The van der Waals surface area contributed by atoms with Crippen LogP contribution in [0, 0.1) is 0 Å². The minimum absolute atomic E-state index is 0.0296. The molecule has 3 rings (SSSR count). The highest BCUT2D eigenvalue weighted by Crippen LogP contribution is 2.36. The van der Waals surface area contributed by atoms with E-state index in [-0.39, 0.29) is 5.69 Å². The van der Waals surface area contributed by atoms with Crippen LogP contribution in [0.15, 0.2) is 29.8 Å². The molecule has 0 aliphatic heterocycles. The van der Waals surface area contributed by atoms with E-state index in [1.807, 2.05) is 37.4 Å². The van der Waals surface area contributed by atoms with Crippen molar-refractivity contribution >= 4 is 22.3 Å². The lowest BCUT2D eigenvalue weighted by Crippen LogP contribution is -1.98. The smallest absolute Gasteiger partial charge is 0.356 e. The summed E-state index contributed by atoms with van der Waals surface area (Å²) in [6.45, 7) is 4.95. The molecule has 0 spiro atoms. The molecule has 0 saturated heterocycles. The minimum atomic E-state index is -1.04. The largest absolute Gasteiger partial charge is 0.494 e. The van der Waals surface area contributed by atoms with E-state index in [2.05, 4.69) is 4.98 Å². The molecule has 3 aromatic rings. The lowest BCUT2D eigenvalue weighted by atomic mass is 10.1. The van der Waals surface area contributed by atoms with Gasteiger partial charge in [0, 0.05) is 23.2 Å². The summed E-state index contributed by atoms with van der Waals surface area (Å²) < 4.78 is 13.0. The normalized spacial score (nSPS) is 10.9. The Labute approximate surface area is 136 Å². The van der Waals surface area contributed by atoms with E-state index in [1.165, 1.54) is 17.5 Å². The molecule has 7 heteroatoms. The van der Waals surface area contributed by atoms with Gasteiger partial charge in [0.2, 0.25) is 0 Å². The van der Waals surface area contributed by atoms with Crippen molar-refractivity contribution in [3.8, 4) is 22.8 Å². The molecule has 2 aromatic heterocycles. The molecule has 0 unspecified atom stereocenters. The molecule has 1 aromatic carbocycles. The number of hydrogen-bond acceptors (Lipinski definition) is 5. The van der Waals surface area contributed by atoms with Crippen molar-refractivity contribution in [2.75, 3.05) is 13.2 Å². The number of ether oxygens (including phenoxy) is 2. The maximum Gasteiger partial charge on any atom is 0.356 e. The van der Waals surface area contributed by atoms with Crippen LogP contribution in [0.25, 0.3) is 16.2 Å². The van der Waals surface area contributed by atoms with Crippen molar-refractivity contribution in [1.82, 2.24) is 9.38 Å². The summed E-state index contributed by atoms with van der Waals surface area (Å²) in [5.41, 5.74) is 1.74. The monoisotopic (exact) mass is 332 g/mol. The molecule has 0 aliphatic carbocycles. The van der Waals surface area contributed by atoms with E-state index < -0.39 is 5.97 Å². The minimum Gasteiger partial charge on any atom is -0.494 e. The molecular weight excluding hydrogens is 316 g/mol. The van der Waals surface area contributed by atoms with Crippen molar-refractivity contribution in [3.63, 3.8) is 0 Å². The van der Waals surface area contributed by atoms with Crippen molar-refractivity contribution in [1.29, 1.82) is 0 Å². The van der Waals surface area contributed by atoms with Gasteiger partial charge in [-0.05, 0) is 26.0 Å². The fourth-order valence-corrected chi connectivity index (χ4v) is 3.20. The highest BCUT2D eigenvalue weighted by atomic mass is 32.1.